The van der Waals surface area contributed by atoms with Gasteiger partial charge in [0.25, 0.3) is 5.91 Å². The van der Waals surface area contributed by atoms with Crippen LogP contribution in [0.25, 0.3) is 0 Å². The smallest absolute Gasteiger partial charge is 0.272 e. The highest BCUT2D eigenvalue weighted by molar-refractivity contribution is 5.93. The van der Waals surface area contributed by atoms with Gasteiger partial charge in [0.05, 0.1) is 11.7 Å². The van der Waals surface area contributed by atoms with Crippen LogP contribution in [-0.4, -0.2) is 32.3 Å². The molecule has 1 aliphatic rings. The number of hydrogen-bond acceptors (Lipinski definition) is 4. The summed E-state index contributed by atoms with van der Waals surface area (Å²) in [5.41, 5.74) is 1.48. The summed E-state index contributed by atoms with van der Waals surface area (Å²) in [6.45, 7) is 5.30. The molecule has 3 rings (SSSR count). The number of rotatable bonds is 3. The molecular weight excluding hydrogens is 256 g/mol. The van der Waals surface area contributed by atoms with E-state index < -0.39 is 0 Å². The fourth-order valence-corrected chi connectivity index (χ4v) is 2.76. The Morgan fingerprint density at radius 1 is 1.55 bits per heavy atom. The van der Waals surface area contributed by atoms with Crippen molar-refractivity contribution < 1.29 is 9.32 Å². The average Bonchev–Trinajstić information content (AvgIpc) is 3.17. The quantitative estimate of drug-likeness (QED) is 0.860. The van der Waals surface area contributed by atoms with E-state index in [0.29, 0.717) is 12.2 Å². The standard InChI is InChI=1S/C14H18N4O2/c1-3-18-12(6-7-15-18)14(19)17-8-4-5-11(17)13-9-10(2)16-20-13/h6-7,9,11H,3-5,8H2,1-2H3/t11-/m0/s1. The lowest BCUT2D eigenvalue weighted by atomic mass is 10.1. The fraction of sp³-hybridized carbons (Fsp3) is 0.500. The van der Waals surface area contributed by atoms with Crippen LogP contribution in [-0.2, 0) is 6.54 Å². The third kappa shape index (κ3) is 2.11. The molecule has 0 aromatic carbocycles. The monoisotopic (exact) mass is 274 g/mol. The zero-order valence-corrected chi connectivity index (χ0v) is 11.7. The Labute approximate surface area is 117 Å². The van der Waals surface area contributed by atoms with Gasteiger partial charge in [-0.15, -0.1) is 0 Å². The first-order valence-corrected chi connectivity index (χ1v) is 6.96. The molecule has 0 N–H and O–H groups in total. The predicted molar refractivity (Wildman–Crippen MR) is 72.2 cm³/mol. The molecular formula is C14H18N4O2. The minimum atomic E-state index is -0.0103. The van der Waals surface area contributed by atoms with Gasteiger partial charge < -0.3 is 9.42 Å². The molecule has 1 fully saturated rings. The second kappa shape index (κ2) is 5.11. The van der Waals surface area contributed by atoms with Crippen LogP contribution in [0, 0.1) is 6.92 Å². The Hall–Kier alpha value is -2.11. The molecule has 1 atom stereocenters. The molecule has 0 aliphatic carbocycles. The number of amides is 1. The number of carbonyl (C=O) groups excluding carboxylic acids is 1. The Morgan fingerprint density at radius 2 is 2.40 bits per heavy atom. The van der Waals surface area contributed by atoms with Crippen LogP contribution in [0.4, 0.5) is 0 Å². The largest absolute Gasteiger partial charge is 0.359 e. The van der Waals surface area contributed by atoms with Crippen molar-refractivity contribution in [2.24, 2.45) is 0 Å². The van der Waals surface area contributed by atoms with E-state index in [0.717, 1.165) is 30.8 Å². The molecule has 106 valence electrons. The van der Waals surface area contributed by atoms with E-state index >= 15 is 0 Å². The molecule has 20 heavy (non-hydrogen) atoms. The highest BCUT2D eigenvalue weighted by Crippen LogP contribution is 2.33. The van der Waals surface area contributed by atoms with Crippen LogP contribution in [0.3, 0.4) is 0 Å². The lowest BCUT2D eigenvalue weighted by Crippen LogP contribution is -2.32. The summed E-state index contributed by atoms with van der Waals surface area (Å²) in [6, 6.07) is 3.67. The van der Waals surface area contributed by atoms with Gasteiger partial charge in [-0.2, -0.15) is 5.10 Å². The zero-order chi connectivity index (χ0) is 14.1. The number of aryl methyl sites for hydroxylation is 2. The van der Waals surface area contributed by atoms with Crippen molar-refractivity contribution in [2.75, 3.05) is 6.54 Å². The first kappa shape index (κ1) is 12.9. The number of hydrogen-bond donors (Lipinski definition) is 0. The van der Waals surface area contributed by atoms with Gasteiger partial charge in [-0.3, -0.25) is 9.48 Å². The third-order valence-electron chi connectivity index (χ3n) is 3.72. The summed E-state index contributed by atoms with van der Waals surface area (Å²) in [6.07, 6.45) is 3.57. The molecule has 6 heteroatoms. The minimum Gasteiger partial charge on any atom is -0.359 e. The van der Waals surface area contributed by atoms with Crippen molar-refractivity contribution in [3.05, 3.63) is 35.5 Å². The van der Waals surface area contributed by atoms with Crippen LogP contribution in [0.15, 0.2) is 22.9 Å². The molecule has 1 aliphatic heterocycles. The third-order valence-corrected chi connectivity index (χ3v) is 3.72. The van der Waals surface area contributed by atoms with Crippen LogP contribution in [0.5, 0.6) is 0 Å². The van der Waals surface area contributed by atoms with E-state index in [9.17, 15) is 4.79 Å². The van der Waals surface area contributed by atoms with E-state index in [2.05, 4.69) is 10.3 Å². The van der Waals surface area contributed by atoms with Gasteiger partial charge in [-0.1, -0.05) is 5.16 Å². The lowest BCUT2D eigenvalue weighted by molar-refractivity contribution is 0.0702. The van der Waals surface area contributed by atoms with E-state index in [1.165, 1.54) is 0 Å². The van der Waals surface area contributed by atoms with Crippen LogP contribution >= 0.6 is 0 Å². The zero-order valence-electron chi connectivity index (χ0n) is 11.7. The molecule has 3 heterocycles. The maximum absolute atomic E-state index is 12.7. The Bertz CT molecular complexity index is 616. The van der Waals surface area contributed by atoms with Crippen molar-refractivity contribution in [3.8, 4) is 0 Å². The van der Waals surface area contributed by atoms with Crippen LogP contribution in [0.2, 0.25) is 0 Å². The molecule has 0 radical (unpaired) electrons. The van der Waals surface area contributed by atoms with Crippen molar-refractivity contribution in [1.82, 2.24) is 19.8 Å². The van der Waals surface area contributed by atoms with Gasteiger partial charge in [0.1, 0.15) is 5.69 Å². The fourth-order valence-electron chi connectivity index (χ4n) is 2.76. The number of likely N-dealkylation sites (tertiary alicyclic amines) is 1. The minimum absolute atomic E-state index is 0.0103. The maximum Gasteiger partial charge on any atom is 0.272 e. The molecule has 2 aromatic heterocycles. The maximum atomic E-state index is 12.7. The molecule has 0 saturated carbocycles. The molecule has 0 bridgehead atoms. The second-order valence-electron chi connectivity index (χ2n) is 5.06. The van der Waals surface area contributed by atoms with E-state index in [-0.39, 0.29) is 11.9 Å². The Kier molecular flexibility index (Phi) is 3.30. The van der Waals surface area contributed by atoms with Crippen molar-refractivity contribution in [2.45, 2.75) is 39.3 Å². The highest BCUT2D eigenvalue weighted by Gasteiger charge is 2.34. The number of nitrogens with zero attached hydrogens (tertiary/aromatic N) is 4. The summed E-state index contributed by atoms with van der Waals surface area (Å²) >= 11 is 0. The van der Waals surface area contributed by atoms with Crippen molar-refractivity contribution in [3.63, 3.8) is 0 Å². The number of aromatic nitrogens is 3. The summed E-state index contributed by atoms with van der Waals surface area (Å²) in [5, 5.41) is 8.08. The van der Waals surface area contributed by atoms with Gasteiger partial charge in [-0.05, 0) is 32.8 Å². The van der Waals surface area contributed by atoms with Crippen molar-refractivity contribution >= 4 is 5.91 Å². The normalized spacial score (nSPS) is 18.7. The Morgan fingerprint density at radius 3 is 3.10 bits per heavy atom. The molecule has 0 unspecified atom stereocenters. The van der Waals surface area contributed by atoms with Gasteiger partial charge in [0, 0.05) is 25.4 Å². The topological polar surface area (TPSA) is 64.2 Å². The van der Waals surface area contributed by atoms with Gasteiger partial charge >= 0.3 is 0 Å². The SMILES string of the molecule is CCn1nccc1C(=O)N1CCC[C@H]1c1cc(C)no1. The first-order valence-electron chi connectivity index (χ1n) is 6.96. The lowest BCUT2D eigenvalue weighted by Gasteiger charge is -2.22. The van der Waals surface area contributed by atoms with Crippen LogP contribution in [0.1, 0.15) is 47.7 Å². The highest BCUT2D eigenvalue weighted by atomic mass is 16.5. The summed E-state index contributed by atoms with van der Waals surface area (Å²) in [5.74, 6) is 0.789. The van der Waals surface area contributed by atoms with E-state index in [4.69, 9.17) is 4.52 Å². The summed E-state index contributed by atoms with van der Waals surface area (Å²) in [4.78, 5) is 14.5. The van der Waals surface area contributed by atoms with Gasteiger partial charge in [0.2, 0.25) is 0 Å². The van der Waals surface area contributed by atoms with E-state index in [1.54, 1.807) is 16.9 Å². The average molecular weight is 274 g/mol. The molecule has 6 nitrogen and oxygen atoms in total. The summed E-state index contributed by atoms with van der Waals surface area (Å²) in [7, 11) is 0. The molecule has 0 spiro atoms. The molecule has 1 saturated heterocycles. The van der Waals surface area contributed by atoms with Gasteiger partial charge in [0.15, 0.2) is 5.76 Å². The Balaban J connectivity index is 1.87. The van der Waals surface area contributed by atoms with Crippen LogP contribution < -0.4 is 0 Å². The predicted octanol–water partition coefficient (Wildman–Crippen LogP) is 2.18. The number of carbonyl (C=O) groups is 1. The molecule has 2 aromatic rings. The first-order chi connectivity index (χ1) is 9.70. The second-order valence-corrected chi connectivity index (χ2v) is 5.06. The molecule has 1 amide bonds. The van der Waals surface area contributed by atoms with Crippen molar-refractivity contribution in [1.29, 1.82) is 0 Å². The van der Waals surface area contributed by atoms with E-state index in [1.807, 2.05) is 24.8 Å². The van der Waals surface area contributed by atoms with Gasteiger partial charge in [-0.25, -0.2) is 0 Å². The summed E-state index contributed by atoms with van der Waals surface area (Å²) < 4.78 is 7.06.